The summed E-state index contributed by atoms with van der Waals surface area (Å²) in [7, 11) is -4.55. The summed E-state index contributed by atoms with van der Waals surface area (Å²) >= 11 is 0.773. The zero-order chi connectivity index (χ0) is 35.0. The van der Waals surface area contributed by atoms with Crippen molar-refractivity contribution in [1.29, 1.82) is 0 Å². The Bertz CT molecular complexity index is 2000. The van der Waals surface area contributed by atoms with E-state index in [0.29, 0.717) is 5.56 Å². The Morgan fingerprint density at radius 3 is 2.12 bits per heavy atom. The Kier molecular flexibility index (Phi) is 9.25. The first kappa shape index (κ1) is 34.4. The zero-order valence-electron chi connectivity index (χ0n) is 23.7. The van der Waals surface area contributed by atoms with E-state index in [1.807, 2.05) is 0 Å². The molecule has 1 fully saturated rings. The Morgan fingerprint density at radius 1 is 0.979 bits per heavy atom. The number of halogens is 6. The zero-order valence-corrected chi connectivity index (χ0v) is 25.3. The van der Waals surface area contributed by atoms with E-state index in [2.05, 4.69) is 30.0 Å². The molecular formula is C26H20F6N6O8S2. The number of sulfonamides is 1. The molecule has 256 valence electrons. The van der Waals surface area contributed by atoms with Crippen LogP contribution in [-0.4, -0.2) is 83.3 Å². The quantitative estimate of drug-likeness (QED) is 0.216. The maximum absolute atomic E-state index is 13.7. The molecule has 48 heavy (non-hydrogen) atoms. The lowest BCUT2D eigenvalue weighted by Gasteiger charge is -2.39. The lowest BCUT2D eigenvalue weighted by atomic mass is 10.1. The van der Waals surface area contributed by atoms with Crippen LogP contribution in [0.4, 0.5) is 31.5 Å². The minimum absolute atomic E-state index is 0.0646. The molecule has 22 heteroatoms. The molecule has 0 radical (unpaired) electrons. The monoisotopic (exact) mass is 722 g/mol. The molecule has 0 saturated carbocycles. The van der Waals surface area contributed by atoms with Gasteiger partial charge in [0, 0.05) is 26.2 Å². The molecule has 1 amide bonds. The first-order valence-electron chi connectivity index (χ1n) is 13.3. The van der Waals surface area contributed by atoms with E-state index in [9.17, 15) is 54.3 Å². The van der Waals surface area contributed by atoms with Gasteiger partial charge < -0.3 is 24.8 Å². The molecule has 0 aliphatic carbocycles. The number of aromatic nitrogens is 3. The number of carbonyl (C=O) groups is 2. The van der Waals surface area contributed by atoms with Gasteiger partial charge in [-0.05, 0) is 42.0 Å². The van der Waals surface area contributed by atoms with Crippen molar-refractivity contribution in [2.24, 2.45) is 0 Å². The molecular weight excluding hydrogens is 702 g/mol. The largest absolute Gasteiger partial charge is 0.573 e. The van der Waals surface area contributed by atoms with Crippen molar-refractivity contribution in [3.63, 3.8) is 0 Å². The predicted molar refractivity (Wildman–Crippen MR) is 153 cm³/mol. The molecule has 3 N–H and O–H groups in total. The molecule has 0 unspecified atom stereocenters. The summed E-state index contributed by atoms with van der Waals surface area (Å²) in [6.07, 6.45) is -9.95. The summed E-state index contributed by atoms with van der Waals surface area (Å²) < 4.78 is 111. The SMILES string of the molecule is O=C(O)c1n[nH]c(=O)c2sc(N3CCN(S(=O)(=O)c4ccc(OC(F)(F)F)cc4)[C@@H](C(=O)NCc4ccc(OC(F)(F)F)cc4)C3)nc12. The third-order valence-corrected chi connectivity index (χ3v) is 9.75. The average Bonchev–Trinajstić information content (AvgIpc) is 3.45. The molecule has 2 aromatic carbocycles. The molecule has 1 saturated heterocycles. The molecule has 2 aromatic heterocycles. The van der Waals surface area contributed by atoms with Gasteiger partial charge in [0.1, 0.15) is 27.8 Å². The second-order valence-electron chi connectivity index (χ2n) is 9.89. The average molecular weight is 723 g/mol. The van der Waals surface area contributed by atoms with Crippen molar-refractivity contribution in [2.45, 2.75) is 30.2 Å². The molecule has 14 nitrogen and oxygen atoms in total. The fourth-order valence-corrected chi connectivity index (χ4v) is 7.19. The van der Waals surface area contributed by atoms with Crippen LogP contribution in [0, 0.1) is 0 Å². The number of piperazine rings is 1. The Labute approximate surface area is 268 Å². The van der Waals surface area contributed by atoms with Crippen LogP contribution >= 0.6 is 11.3 Å². The fourth-order valence-electron chi connectivity index (χ4n) is 4.62. The summed E-state index contributed by atoms with van der Waals surface area (Å²) in [6, 6.07) is 6.26. The van der Waals surface area contributed by atoms with Crippen LogP contribution < -0.4 is 25.2 Å². The first-order chi connectivity index (χ1) is 22.4. The molecule has 0 spiro atoms. The van der Waals surface area contributed by atoms with Gasteiger partial charge in [-0.1, -0.05) is 23.5 Å². The number of carboxylic acids is 1. The van der Waals surface area contributed by atoms with E-state index < -0.39 is 68.3 Å². The van der Waals surface area contributed by atoms with E-state index in [4.69, 9.17) is 0 Å². The number of nitrogens with zero attached hydrogens (tertiary/aromatic N) is 4. The highest BCUT2D eigenvalue weighted by molar-refractivity contribution is 7.89. The summed E-state index contributed by atoms with van der Waals surface area (Å²) in [5.74, 6) is -3.55. The van der Waals surface area contributed by atoms with Crippen molar-refractivity contribution in [2.75, 3.05) is 24.5 Å². The van der Waals surface area contributed by atoms with E-state index in [1.165, 1.54) is 17.0 Å². The molecule has 0 bridgehead atoms. The Balaban J connectivity index is 1.43. The van der Waals surface area contributed by atoms with Gasteiger partial charge in [0.2, 0.25) is 15.9 Å². The number of nitrogens with one attached hydrogen (secondary N) is 2. The number of anilines is 1. The van der Waals surface area contributed by atoms with E-state index in [0.717, 1.165) is 52.0 Å². The number of aromatic amines is 1. The predicted octanol–water partition coefficient (Wildman–Crippen LogP) is 3.07. The van der Waals surface area contributed by atoms with Crippen LogP contribution in [0.3, 0.4) is 0 Å². The smallest absolute Gasteiger partial charge is 0.476 e. The molecule has 1 aliphatic rings. The second-order valence-corrected chi connectivity index (χ2v) is 12.8. The van der Waals surface area contributed by atoms with Crippen molar-refractivity contribution in [3.8, 4) is 11.5 Å². The minimum Gasteiger partial charge on any atom is -0.476 e. The highest BCUT2D eigenvalue weighted by atomic mass is 32.2. The number of benzene rings is 2. The van der Waals surface area contributed by atoms with E-state index in [-0.39, 0.29) is 41.5 Å². The normalized spacial score (nSPS) is 16.1. The van der Waals surface area contributed by atoms with Crippen LogP contribution in [-0.2, 0) is 21.4 Å². The lowest BCUT2D eigenvalue weighted by Crippen LogP contribution is -2.60. The van der Waals surface area contributed by atoms with Crippen LogP contribution in [0.2, 0.25) is 0 Å². The maximum atomic E-state index is 13.7. The molecule has 4 aromatic rings. The number of ether oxygens (including phenoxy) is 2. The number of carbonyl (C=O) groups excluding carboxylic acids is 1. The fraction of sp³-hybridized carbons (Fsp3) is 0.269. The maximum Gasteiger partial charge on any atom is 0.573 e. The molecule has 1 atom stereocenters. The summed E-state index contributed by atoms with van der Waals surface area (Å²) in [5.41, 5.74) is -1.20. The van der Waals surface area contributed by atoms with Crippen LogP contribution in [0.1, 0.15) is 16.1 Å². The Morgan fingerprint density at radius 2 is 1.56 bits per heavy atom. The topological polar surface area (TPSA) is 184 Å². The van der Waals surface area contributed by atoms with Gasteiger partial charge in [-0.2, -0.15) is 9.40 Å². The number of thiazole rings is 1. The van der Waals surface area contributed by atoms with Gasteiger partial charge in [-0.25, -0.2) is 23.3 Å². The number of fused-ring (bicyclic) bond motifs is 1. The van der Waals surface area contributed by atoms with Gasteiger partial charge in [0.25, 0.3) is 5.56 Å². The van der Waals surface area contributed by atoms with E-state index >= 15 is 0 Å². The third-order valence-electron chi connectivity index (χ3n) is 6.71. The molecule has 3 heterocycles. The lowest BCUT2D eigenvalue weighted by molar-refractivity contribution is -0.275. The summed E-state index contributed by atoms with van der Waals surface area (Å²) in [6.45, 7) is -1.14. The van der Waals surface area contributed by atoms with Crippen molar-refractivity contribution in [1.82, 2.24) is 24.8 Å². The third kappa shape index (κ3) is 7.77. The van der Waals surface area contributed by atoms with Gasteiger partial charge in [0.15, 0.2) is 10.8 Å². The van der Waals surface area contributed by atoms with Crippen molar-refractivity contribution >= 4 is 48.6 Å². The van der Waals surface area contributed by atoms with Gasteiger partial charge in [0.05, 0.1) is 4.90 Å². The van der Waals surface area contributed by atoms with Crippen molar-refractivity contribution < 1.29 is 58.9 Å². The van der Waals surface area contributed by atoms with Gasteiger partial charge in [-0.15, -0.1) is 26.3 Å². The molecule has 1 aliphatic heterocycles. The number of hydrogen-bond acceptors (Lipinski definition) is 11. The van der Waals surface area contributed by atoms with Gasteiger partial charge in [-0.3, -0.25) is 9.59 Å². The number of H-pyrrole nitrogens is 1. The minimum atomic E-state index is -5.03. The number of carboxylic acid groups (broad SMARTS) is 1. The number of rotatable bonds is 9. The van der Waals surface area contributed by atoms with Crippen LogP contribution in [0.25, 0.3) is 10.2 Å². The summed E-state index contributed by atoms with van der Waals surface area (Å²) in [5, 5.41) is 17.6. The number of alkyl halides is 6. The number of hydrogen-bond donors (Lipinski definition) is 3. The summed E-state index contributed by atoms with van der Waals surface area (Å²) in [4.78, 5) is 42.7. The number of amides is 1. The van der Waals surface area contributed by atoms with E-state index in [1.54, 1.807) is 0 Å². The highest BCUT2D eigenvalue weighted by Crippen LogP contribution is 2.32. The standard InChI is InChI=1S/C26H20F6N6O8S2/c27-25(28,29)45-14-3-1-13(2-4-14)11-33-21(39)17-12-37(24-34-18-19(23(41)42)35-36-22(40)20(18)47-24)9-10-38(17)48(43,44)16-7-5-15(6-8-16)46-26(30,31)32/h1-8,17H,9-12H2,(H,33,39)(H,36,40)(H,41,42)/t17-/m1/s1. The Hall–Kier alpha value is -4.96. The number of aromatic carboxylic acids is 1. The van der Waals surface area contributed by atoms with Crippen LogP contribution in [0.15, 0.2) is 58.2 Å². The highest BCUT2D eigenvalue weighted by Gasteiger charge is 2.41. The molecule has 5 rings (SSSR count). The van der Waals surface area contributed by atoms with Crippen LogP contribution in [0.5, 0.6) is 11.5 Å². The van der Waals surface area contributed by atoms with Gasteiger partial charge >= 0.3 is 18.7 Å². The van der Waals surface area contributed by atoms with Crippen molar-refractivity contribution in [3.05, 3.63) is 70.1 Å². The second kappa shape index (κ2) is 12.9. The first-order valence-corrected chi connectivity index (χ1v) is 15.5.